The number of carbonyl (C=O) groups excluding carboxylic acids is 1. The van der Waals surface area contributed by atoms with Crippen molar-refractivity contribution in [3.8, 4) is 0 Å². The second-order valence-electron chi connectivity index (χ2n) is 4.62. The van der Waals surface area contributed by atoms with E-state index in [4.69, 9.17) is 4.74 Å². The van der Waals surface area contributed by atoms with Gasteiger partial charge in [-0.05, 0) is 33.6 Å². The Balaban J connectivity index is 4.30. The minimum absolute atomic E-state index is 0.267. The first kappa shape index (κ1) is 14.8. The summed E-state index contributed by atoms with van der Waals surface area (Å²) >= 11 is 0. The Morgan fingerprint density at radius 2 is 1.62 bits per heavy atom. The first-order valence-electron chi connectivity index (χ1n) is 5.60. The molecule has 0 spiro atoms. The summed E-state index contributed by atoms with van der Waals surface area (Å²) in [6.45, 7) is 14.2. The van der Waals surface area contributed by atoms with E-state index in [9.17, 15) is 4.79 Å². The molecule has 3 nitrogen and oxygen atoms in total. The van der Waals surface area contributed by atoms with Gasteiger partial charge in [-0.25, -0.2) is 4.79 Å². The second kappa shape index (κ2) is 7.09. The highest BCUT2D eigenvalue weighted by Crippen LogP contribution is 2.10. The molecule has 0 bridgehead atoms. The summed E-state index contributed by atoms with van der Waals surface area (Å²) in [5.74, 6) is 0. The van der Waals surface area contributed by atoms with Crippen molar-refractivity contribution in [2.75, 3.05) is 13.1 Å². The smallest absolute Gasteiger partial charge is 0.410 e. The van der Waals surface area contributed by atoms with Crippen LogP contribution < -0.4 is 0 Å². The zero-order valence-corrected chi connectivity index (χ0v) is 10.7. The van der Waals surface area contributed by atoms with Crippen molar-refractivity contribution in [1.29, 1.82) is 0 Å². The molecule has 0 aliphatic rings. The SMILES string of the molecule is C=CCCN(CCC=C)C(=O)OC(C)(C)C. The Kier molecular flexibility index (Phi) is 6.54. The fourth-order valence-corrected chi connectivity index (χ4v) is 1.12. The Bertz CT molecular complexity index is 229. The molecular formula is C13H23NO2. The molecule has 16 heavy (non-hydrogen) atoms. The standard InChI is InChI=1S/C13H23NO2/c1-6-8-10-14(11-9-7-2)12(15)16-13(3,4)5/h6-7H,1-2,8-11H2,3-5H3. The van der Waals surface area contributed by atoms with Crippen LogP contribution in [0.25, 0.3) is 0 Å². The van der Waals surface area contributed by atoms with Crippen LogP contribution in [0.15, 0.2) is 25.3 Å². The molecule has 0 N–H and O–H groups in total. The molecule has 0 rings (SSSR count). The van der Waals surface area contributed by atoms with Crippen molar-refractivity contribution in [2.24, 2.45) is 0 Å². The summed E-state index contributed by atoms with van der Waals surface area (Å²) in [6.07, 6.45) is 4.87. The van der Waals surface area contributed by atoms with Crippen molar-refractivity contribution in [2.45, 2.75) is 39.2 Å². The van der Waals surface area contributed by atoms with E-state index in [1.54, 1.807) is 17.1 Å². The molecule has 3 heteroatoms. The molecule has 0 saturated carbocycles. The van der Waals surface area contributed by atoms with Gasteiger partial charge in [0.05, 0.1) is 0 Å². The van der Waals surface area contributed by atoms with E-state index in [1.807, 2.05) is 20.8 Å². The number of hydrogen-bond donors (Lipinski definition) is 0. The Labute approximate surface area is 98.8 Å². The monoisotopic (exact) mass is 225 g/mol. The zero-order valence-electron chi connectivity index (χ0n) is 10.7. The van der Waals surface area contributed by atoms with E-state index in [0.717, 1.165) is 12.8 Å². The number of rotatable bonds is 6. The third-order valence-corrected chi connectivity index (χ3v) is 1.86. The molecule has 0 aliphatic heterocycles. The van der Waals surface area contributed by atoms with Gasteiger partial charge in [0.15, 0.2) is 0 Å². The third kappa shape index (κ3) is 7.10. The Morgan fingerprint density at radius 3 is 1.94 bits per heavy atom. The molecular weight excluding hydrogens is 202 g/mol. The lowest BCUT2D eigenvalue weighted by molar-refractivity contribution is 0.0256. The van der Waals surface area contributed by atoms with Crippen LogP contribution in [0.4, 0.5) is 4.79 Å². The van der Waals surface area contributed by atoms with Crippen molar-refractivity contribution in [3.63, 3.8) is 0 Å². The van der Waals surface area contributed by atoms with Gasteiger partial charge in [-0.2, -0.15) is 0 Å². The molecule has 0 atom stereocenters. The first-order valence-corrected chi connectivity index (χ1v) is 5.60. The second-order valence-corrected chi connectivity index (χ2v) is 4.62. The van der Waals surface area contributed by atoms with Gasteiger partial charge in [-0.3, -0.25) is 0 Å². The van der Waals surface area contributed by atoms with Gasteiger partial charge < -0.3 is 9.64 Å². The summed E-state index contributed by atoms with van der Waals surface area (Å²) in [5.41, 5.74) is -0.447. The van der Waals surface area contributed by atoms with Crippen LogP contribution in [-0.4, -0.2) is 29.7 Å². The maximum Gasteiger partial charge on any atom is 0.410 e. The number of carbonyl (C=O) groups is 1. The largest absolute Gasteiger partial charge is 0.444 e. The van der Waals surface area contributed by atoms with Crippen LogP contribution >= 0.6 is 0 Å². The average Bonchev–Trinajstić information content (AvgIpc) is 2.15. The van der Waals surface area contributed by atoms with Gasteiger partial charge in [0.2, 0.25) is 0 Å². The maximum atomic E-state index is 11.8. The number of amides is 1. The van der Waals surface area contributed by atoms with Crippen molar-refractivity contribution >= 4 is 6.09 Å². The topological polar surface area (TPSA) is 29.5 Å². The molecule has 0 fully saturated rings. The lowest BCUT2D eigenvalue weighted by Crippen LogP contribution is -2.37. The van der Waals surface area contributed by atoms with Gasteiger partial charge in [0, 0.05) is 13.1 Å². The summed E-state index contributed by atoms with van der Waals surface area (Å²) in [4.78, 5) is 13.5. The fourth-order valence-electron chi connectivity index (χ4n) is 1.12. The van der Waals surface area contributed by atoms with E-state index in [2.05, 4.69) is 13.2 Å². The highest BCUT2D eigenvalue weighted by Gasteiger charge is 2.20. The van der Waals surface area contributed by atoms with Crippen LogP contribution in [-0.2, 0) is 4.74 Å². The maximum absolute atomic E-state index is 11.8. The average molecular weight is 225 g/mol. The van der Waals surface area contributed by atoms with Gasteiger partial charge in [0.25, 0.3) is 0 Å². The van der Waals surface area contributed by atoms with Crippen molar-refractivity contribution in [3.05, 3.63) is 25.3 Å². The molecule has 0 unspecified atom stereocenters. The van der Waals surface area contributed by atoms with Gasteiger partial charge in [0.1, 0.15) is 5.60 Å². The molecule has 0 aromatic rings. The van der Waals surface area contributed by atoms with E-state index in [1.165, 1.54) is 0 Å². The molecule has 1 amide bonds. The fraction of sp³-hybridized carbons (Fsp3) is 0.615. The lowest BCUT2D eigenvalue weighted by Gasteiger charge is -2.26. The van der Waals surface area contributed by atoms with Crippen molar-refractivity contribution in [1.82, 2.24) is 4.90 Å². The van der Waals surface area contributed by atoms with Crippen LogP contribution in [0, 0.1) is 0 Å². The molecule has 0 saturated heterocycles. The minimum Gasteiger partial charge on any atom is -0.444 e. The lowest BCUT2D eigenvalue weighted by atomic mass is 10.2. The molecule has 92 valence electrons. The van der Waals surface area contributed by atoms with E-state index in [0.29, 0.717) is 13.1 Å². The van der Waals surface area contributed by atoms with E-state index in [-0.39, 0.29) is 6.09 Å². The number of nitrogens with zero attached hydrogens (tertiary/aromatic N) is 1. The normalized spacial score (nSPS) is 10.7. The number of hydrogen-bond acceptors (Lipinski definition) is 2. The Morgan fingerprint density at radius 1 is 1.19 bits per heavy atom. The quantitative estimate of drug-likeness (QED) is 0.649. The van der Waals surface area contributed by atoms with Gasteiger partial charge in [-0.1, -0.05) is 12.2 Å². The molecule has 0 radical (unpaired) electrons. The van der Waals surface area contributed by atoms with Crippen LogP contribution in [0.5, 0.6) is 0 Å². The first-order chi connectivity index (χ1) is 7.40. The summed E-state index contributed by atoms with van der Waals surface area (Å²) in [7, 11) is 0. The zero-order chi connectivity index (χ0) is 12.6. The predicted octanol–water partition coefficient (Wildman–Crippen LogP) is 3.38. The molecule has 0 heterocycles. The molecule has 0 aromatic heterocycles. The van der Waals surface area contributed by atoms with Crippen LogP contribution in [0.1, 0.15) is 33.6 Å². The summed E-state index contributed by atoms with van der Waals surface area (Å²) in [5, 5.41) is 0. The molecule has 0 aromatic carbocycles. The predicted molar refractivity (Wildman–Crippen MR) is 67.4 cm³/mol. The van der Waals surface area contributed by atoms with Gasteiger partial charge >= 0.3 is 6.09 Å². The van der Waals surface area contributed by atoms with Crippen LogP contribution in [0.2, 0.25) is 0 Å². The third-order valence-electron chi connectivity index (χ3n) is 1.86. The van der Waals surface area contributed by atoms with Crippen LogP contribution in [0.3, 0.4) is 0 Å². The van der Waals surface area contributed by atoms with Gasteiger partial charge in [-0.15, -0.1) is 13.2 Å². The minimum atomic E-state index is -0.447. The highest BCUT2D eigenvalue weighted by molar-refractivity contribution is 5.68. The van der Waals surface area contributed by atoms with E-state index < -0.39 is 5.60 Å². The number of ether oxygens (including phenoxy) is 1. The molecule has 0 aliphatic carbocycles. The van der Waals surface area contributed by atoms with Crippen molar-refractivity contribution < 1.29 is 9.53 Å². The Hall–Kier alpha value is -1.25. The summed E-state index contributed by atoms with van der Waals surface area (Å²) in [6, 6.07) is 0. The highest BCUT2D eigenvalue weighted by atomic mass is 16.6. The summed E-state index contributed by atoms with van der Waals surface area (Å²) < 4.78 is 5.31. The van der Waals surface area contributed by atoms with E-state index >= 15 is 0 Å².